The fraction of sp³-hybridized carbons (Fsp3) is 0.182. The van der Waals surface area contributed by atoms with E-state index in [-0.39, 0.29) is 17.4 Å². The highest BCUT2D eigenvalue weighted by atomic mass is 32.1. The fourth-order valence-electron chi connectivity index (χ4n) is 3.47. The van der Waals surface area contributed by atoms with Crippen molar-refractivity contribution in [3.05, 3.63) is 70.2 Å². The Balaban J connectivity index is 1.47. The number of fused-ring (bicyclic) bond motifs is 1. The Kier molecular flexibility index (Phi) is 5.68. The zero-order valence-electron chi connectivity index (χ0n) is 16.7. The standard InChI is InChI=1S/C22H20N4O4S/c1-30-13-8-6-12(7-9-13)20(28)26-22-25-18-15(10-11-17(18)31-22)21(29)24-16-5-3-2-4-14(16)19(23)27/h2-9,15H,10-11H2,1H3,(H2,23,27)(H,24,29)(H,25,26,28). The summed E-state index contributed by atoms with van der Waals surface area (Å²) in [5.74, 6) is -0.951. The quantitative estimate of drug-likeness (QED) is 0.548. The Morgan fingerprint density at radius 2 is 1.84 bits per heavy atom. The van der Waals surface area contributed by atoms with Gasteiger partial charge in [0, 0.05) is 10.4 Å². The van der Waals surface area contributed by atoms with E-state index in [2.05, 4.69) is 15.6 Å². The van der Waals surface area contributed by atoms with E-state index in [4.69, 9.17) is 10.5 Å². The van der Waals surface area contributed by atoms with E-state index >= 15 is 0 Å². The molecule has 0 saturated carbocycles. The number of aryl methyl sites for hydroxylation is 1. The van der Waals surface area contributed by atoms with Crippen LogP contribution >= 0.6 is 11.3 Å². The number of nitrogens with zero attached hydrogens (tertiary/aromatic N) is 1. The average molecular weight is 436 g/mol. The molecule has 1 aliphatic rings. The first-order chi connectivity index (χ1) is 15.0. The van der Waals surface area contributed by atoms with Gasteiger partial charge in [-0.1, -0.05) is 12.1 Å². The minimum atomic E-state index is -0.611. The molecule has 4 N–H and O–H groups in total. The van der Waals surface area contributed by atoms with Crippen LogP contribution in [0.2, 0.25) is 0 Å². The Morgan fingerprint density at radius 3 is 2.55 bits per heavy atom. The zero-order valence-corrected chi connectivity index (χ0v) is 17.5. The molecular formula is C22H20N4O4S. The van der Waals surface area contributed by atoms with Crippen LogP contribution in [0.15, 0.2) is 48.5 Å². The maximum absolute atomic E-state index is 12.9. The van der Waals surface area contributed by atoms with Gasteiger partial charge in [-0.3, -0.25) is 19.7 Å². The van der Waals surface area contributed by atoms with Crippen LogP contribution in [-0.4, -0.2) is 29.8 Å². The number of aromatic nitrogens is 1. The monoisotopic (exact) mass is 436 g/mol. The van der Waals surface area contributed by atoms with E-state index in [0.29, 0.717) is 40.7 Å². The second kappa shape index (κ2) is 8.57. The summed E-state index contributed by atoms with van der Waals surface area (Å²) in [5.41, 5.74) is 7.14. The lowest BCUT2D eigenvalue weighted by Crippen LogP contribution is -2.22. The molecule has 0 saturated heterocycles. The predicted octanol–water partition coefficient (Wildman–Crippen LogP) is 3.17. The van der Waals surface area contributed by atoms with Gasteiger partial charge >= 0.3 is 0 Å². The van der Waals surface area contributed by atoms with Crippen LogP contribution in [0.4, 0.5) is 10.8 Å². The van der Waals surface area contributed by atoms with Crippen molar-refractivity contribution in [3.63, 3.8) is 0 Å². The van der Waals surface area contributed by atoms with Crippen LogP contribution in [0.1, 0.15) is 43.6 Å². The van der Waals surface area contributed by atoms with Crippen molar-refractivity contribution in [2.75, 3.05) is 17.7 Å². The summed E-state index contributed by atoms with van der Waals surface area (Å²) in [4.78, 5) is 42.4. The summed E-state index contributed by atoms with van der Waals surface area (Å²) in [6.07, 6.45) is 1.31. The smallest absolute Gasteiger partial charge is 0.257 e. The van der Waals surface area contributed by atoms with Crippen molar-refractivity contribution in [2.24, 2.45) is 5.73 Å². The molecule has 0 bridgehead atoms. The molecule has 0 fully saturated rings. The van der Waals surface area contributed by atoms with Gasteiger partial charge in [-0.25, -0.2) is 4.98 Å². The lowest BCUT2D eigenvalue weighted by Gasteiger charge is -2.13. The van der Waals surface area contributed by atoms with E-state index in [0.717, 1.165) is 4.88 Å². The van der Waals surface area contributed by atoms with Crippen LogP contribution in [-0.2, 0) is 11.2 Å². The highest BCUT2D eigenvalue weighted by Crippen LogP contribution is 2.39. The maximum atomic E-state index is 12.9. The molecule has 0 radical (unpaired) electrons. The molecule has 1 aliphatic carbocycles. The first kappa shape index (κ1) is 20.5. The molecule has 31 heavy (non-hydrogen) atoms. The normalized spacial score (nSPS) is 14.5. The molecule has 1 aromatic heterocycles. The number of nitrogens with two attached hydrogens (primary N) is 1. The van der Waals surface area contributed by atoms with Gasteiger partial charge in [-0.2, -0.15) is 0 Å². The summed E-state index contributed by atoms with van der Waals surface area (Å²) in [6, 6.07) is 13.4. The minimum Gasteiger partial charge on any atom is -0.497 e. The largest absolute Gasteiger partial charge is 0.497 e. The molecule has 158 valence electrons. The molecule has 8 nitrogen and oxygen atoms in total. The number of amides is 3. The zero-order chi connectivity index (χ0) is 22.0. The summed E-state index contributed by atoms with van der Waals surface area (Å²) in [5, 5.41) is 6.03. The highest BCUT2D eigenvalue weighted by molar-refractivity contribution is 7.16. The van der Waals surface area contributed by atoms with Crippen LogP contribution < -0.4 is 21.1 Å². The number of carbonyl (C=O) groups excluding carboxylic acids is 3. The molecule has 2 aromatic carbocycles. The third-order valence-electron chi connectivity index (χ3n) is 5.06. The van der Waals surface area contributed by atoms with Crippen LogP contribution in [0.5, 0.6) is 5.75 Å². The van der Waals surface area contributed by atoms with Gasteiger partial charge < -0.3 is 15.8 Å². The third-order valence-corrected chi connectivity index (χ3v) is 6.10. The van der Waals surface area contributed by atoms with Crippen LogP contribution in [0.3, 0.4) is 0 Å². The summed E-state index contributed by atoms with van der Waals surface area (Å²) >= 11 is 1.37. The van der Waals surface area contributed by atoms with Gasteiger partial charge in [0.25, 0.3) is 11.8 Å². The van der Waals surface area contributed by atoms with Crippen molar-refractivity contribution >= 4 is 39.9 Å². The summed E-state index contributed by atoms with van der Waals surface area (Å²) < 4.78 is 5.10. The second-order valence-corrected chi connectivity index (χ2v) is 8.08. The van der Waals surface area contributed by atoms with E-state index in [1.54, 1.807) is 55.6 Å². The maximum Gasteiger partial charge on any atom is 0.257 e. The highest BCUT2D eigenvalue weighted by Gasteiger charge is 2.33. The summed E-state index contributed by atoms with van der Waals surface area (Å²) in [7, 11) is 1.56. The Bertz CT molecular complexity index is 1160. The molecule has 0 spiro atoms. The number of benzene rings is 2. The lowest BCUT2D eigenvalue weighted by atomic mass is 10.1. The molecule has 4 rings (SSSR count). The number of rotatable bonds is 6. The van der Waals surface area contributed by atoms with Crippen LogP contribution in [0, 0.1) is 0 Å². The van der Waals surface area contributed by atoms with Gasteiger partial charge in [0.15, 0.2) is 5.13 Å². The number of carbonyl (C=O) groups is 3. The Labute approximate surface area is 182 Å². The number of hydrogen-bond donors (Lipinski definition) is 3. The molecule has 3 aromatic rings. The van der Waals surface area contributed by atoms with Crippen LogP contribution in [0.25, 0.3) is 0 Å². The minimum absolute atomic E-state index is 0.250. The van der Waals surface area contributed by atoms with Gasteiger partial charge in [-0.05, 0) is 49.2 Å². The SMILES string of the molecule is COc1ccc(C(=O)Nc2nc3c(s2)CCC3C(=O)Nc2ccccc2C(N)=O)cc1. The van der Waals surface area contributed by atoms with Crippen molar-refractivity contribution in [2.45, 2.75) is 18.8 Å². The van der Waals surface area contributed by atoms with Gasteiger partial charge in [0.1, 0.15) is 5.75 Å². The van der Waals surface area contributed by atoms with Gasteiger partial charge in [-0.15, -0.1) is 11.3 Å². The number of methoxy groups -OCH3 is 1. The Hall–Kier alpha value is -3.72. The van der Waals surface area contributed by atoms with Crippen molar-refractivity contribution < 1.29 is 19.1 Å². The van der Waals surface area contributed by atoms with Gasteiger partial charge in [0.05, 0.1) is 30.0 Å². The Morgan fingerprint density at radius 1 is 1.10 bits per heavy atom. The lowest BCUT2D eigenvalue weighted by molar-refractivity contribution is -0.117. The number of ether oxygens (including phenoxy) is 1. The number of nitrogens with one attached hydrogen (secondary N) is 2. The van der Waals surface area contributed by atoms with Crippen molar-refractivity contribution in [1.82, 2.24) is 4.98 Å². The first-order valence-corrected chi connectivity index (χ1v) is 10.4. The van der Waals surface area contributed by atoms with Crippen molar-refractivity contribution in [1.29, 1.82) is 0 Å². The predicted molar refractivity (Wildman–Crippen MR) is 118 cm³/mol. The van der Waals surface area contributed by atoms with E-state index in [9.17, 15) is 14.4 Å². The number of primary amides is 1. The second-order valence-electron chi connectivity index (χ2n) is 7.00. The third kappa shape index (κ3) is 4.26. The number of hydrogen-bond acceptors (Lipinski definition) is 6. The molecular weight excluding hydrogens is 416 g/mol. The van der Waals surface area contributed by atoms with E-state index in [1.807, 2.05) is 0 Å². The first-order valence-electron chi connectivity index (χ1n) is 9.61. The van der Waals surface area contributed by atoms with Crippen molar-refractivity contribution in [3.8, 4) is 5.75 Å². The molecule has 1 atom stereocenters. The molecule has 1 unspecified atom stereocenters. The number of para-hydroxylation sites is 1. The number of anilines is 2. The van der Waals surface area contributed by atoms with Gasteiger partial charge in [0.2, 0.25) is 5.91 Å². The number of thiazole rings is 1. The average Bonchev–Trinajstić information content (AvgIpc) is 3.34. The molecule has 9 heteroatoms. The molecule has 1 heterocycles. The fourth-order valence-corrected chi connectivity index (χ4v) is 4.51. The molecule has 3 amide bonds. The summed E-state index contributed by atoms with van der Waals surface area (Å²) in [6.45, 7) is 0. The topological polar surface area (TPSA) is 123 Å². The molecule has 0 aliphatic heterocycles. The van der Waals surface area contributed by atoms with E-state index in [1.165, 1.54) is 11.3 Å². The van der Waals surface area contributed by atoms with E-state index < -0.39 is 11.8 Å².